The fraction of sp³-hybridized carbons (Fsp3) is 0.167. The number of amides is 2. The van der Waals surface area contributed by atoms with Crippen LogP contribution in [0.15, 0.2) is 12.1 Å². The first kappa shape index (κ1) is 11.3. The molecule has 0 unspecified atom stereocenters. The number of carbonyl (C=O) groups excluding carboxylic acids is 2. The maximum Gasteiger partial charge on any atom is 0.261 e. The zero-order valence-corrected chi connectivity index (χ0v) is 8.67. The lowest BCUT2D eigenvalue weighted by molar-refractivity contribution is 0.0657. The average molecular weight is 235 g/mol. The molecule has 2 amide bonds. The van der Waals surface area contributed by atoms with Crippen LogP contribution in [0, 0.1) is 24.0 Å². The van der Waals surface area contributed by atoms with E-state index in [0.29, 0.717) is 0 Å². The van der Waals surface area contributed by atoms with Crippen molar-refractivity contribution < 1.29 is 18.4 Å². The van der Waals surface area contributed by atoms with E-state index in [4.69, 9.17) is 6.42 Å². The molecule has 1 aliphatic heterocycles. The fourth-order valence-electron chi connectivity index (χ4n) is 1.66. The van der Waals surface area contributed by atoms with Gasteiger partial charge < -0.3 is 0 Å². The highest BCUT2D eigenvalue weighted by Crippen LogP contribution is 2.25. The minimum Gasteiger partial charge on any atom is -0.273 e. The molecule has 0 atom stereocenters. The van der Waals surface area contributed by atoms with Gasteiger partial charge in [-0.1, -0.05) is 0 Å². The molecule has 17 heavy (non-hydrogen) atoms. The molecule has 0 bridgehead atoms. The minimum atomic E-state index is -1.15. The van der Waals surface area contributed by atoms with Crippen LogP contribution in [0.25, 0.3) is 0 Å². The molecule has 0 N–H and O–H groups in total. The van der Waals surface area contributed by atoms with Gasteiger partial charge >= 0.3 is 0 Å². The monoisotopic (exact) mass is 235 g/mol. The molecule has 1 aliphatic rings. The summed E-state index contributed by atoms with van der Waals surface area (Å²) >= 11 is 0. The Bertz CT molecular complexity index is 519. The van der Waals surface area contributed by atoms with E-state index in [1.807, 2.05) is 0 Å². The Morgan fingerprint density at radius 2 is 1.59 bits per heavy atom. The number of nitrogens with zero attached hydrogens (tertiary/aromatic N) is 1. The van der Waals surface area contributed by atoms with Gasteiger partial charge in [0.15, 0.2) is 11.6 Å². The highest BCUT2D eigenvalue weighted by Gasteiger charge is 2.36. The van der Waals surface area contributed by atoms with Crippen molar-refractivity contribution >= 4 is 11.8 Å². The van der Waals surface area contributed by atoms with Crippen molar-refractivity contribution in [1.82, 2.24) is 4.90 Å². The summed E-state index contributed by atoms with van der Waals surface area (Å²) in [6, 6.07) is 1.47. The van der Waals surface area contributed by atoms with Gasteiger partial charge in [0, 0.05) is 13.0 Å². The number of imide groups is 1. The first-order valence-electron chi connectivity index (χ1n) is 4.85. The maximum absolute atomic E-state index is 13.0. The van der Waals surface area contributed by atoms with Crippen LogP contribution < -0.4 is 0 Å². The first-order valence-corrected chi connectivity index (χ1v) is 4.85. The topological polar surface area (TPSA) is 37.4 Å². The van der Waals surface area contributed by atoms with Gasteiger partial charge in [-0.25, -0.2) is 8.78 Å². The maximum atomic E-state index is 13.0. The number of hydrogen-bond acceptors (Lipinski definition) is 2. The summed E-state index contributed by atoms with van der Waals surface area (Å²) < 4.78 is 25.9. The smallest absolute Gasteiger partial charge is 0.261 e. The van der Waals surface area contributed by atoms with Gasteiger partial charge in [0.05, 0.1) is 11.1 Å². The Morgan fingerprint density at radius 3 is 2.00 bits per heavy atom. The molecule has 86 valence electrons. The first-order chi connectivity index (χ1) is 8.06. The molecule has 3 nitrogen and oxygen atoms in total. The number of hydrogen-bond donors (Lipinski definition) is 0. The molecule has 2 rings (SSSR count). The van der Waals surface area contributed by atoms with Crippen molar-refractivity contribution in [3.8, 4) is 12.3 Å². The van der Waals surface area contributed by atoms with E-state index in [1.165, 1.54) is 0 Å². The lowest BCUT2D eigenvalue weighted by Crippen LogP contribution is -2.30. The summed E-state index contributed by atoms with van der Waals surface area (Å²) in [7, 11) is 0. The predicted molar refractivity (Wildman–Crippen MR) is 55.2 cm³/mol. The molecule has 5 heteroatoms. The summed E-state index contributed by atoms with van der Waals surface area (Å²) in [5, 5.41) is 0. The van der Waals surface area contributed by atoms with E-state index in [2.05, 4.69) is 5.92 Å². The molecule has 0 saturated heterocycles. The average Bonchev–Trinajstić information content (AvgIpc) is 2.51. The predicted octanol–water partition coefficient (Wildman–Crippen LogP) is 1.58. The Kier molecular flexibility index (Phi) is 2.64. The van der Waals surface area contributed by atoms with Crippen molar-refractivity contribution in [2.24, 2.45) is 0 Å². The number of terminal acetylenes is 1. The number of fused-ring (bicyclic) bond motifs is 1. The lowest BCUT2D eigenvalue weighted by atomic mass is 10.1. The van der Waals surface area contributed by atoms with Gasteiger partial charge in [-0.15, -0.1) is 12.3 Å². The fourth-order valence-corrected chi connectivity index (χ4v) is 1.66. The molecule has 0 aliphatic carbocycles. The van der Waals surface area contributed by atoms with Gasteiger partial charge in [0.1, 0.15) is 0 Å². The van der Waals surface area contributed by atoms with Crippen LogP contribution in [0.5, 0.6) is 0 Å². The molecule has 1 aromatic rings. The third-order valence-electron chi connectivity index (χ3n) is 2.49. The molecule has 0 fully saturated rings. The third-order valence-corrected chi connectivity index (χ3v) is 2.49. The number of carbonyl (C=O) groups is 2. The van der Waals surface area contributed by atoms with Crippen molar-refractivity contribution in [2.45, 2.75) is 6.42 Å². The quantitative estimate of drug-likeness (QED) is 0.576. The van der Waals surface area contributed by atoms with Crippen molar-refractivity contribution in [1.29, 1.82) is 0 Å². The van der Waals surface area contributed by atoms with Gasteiger partial charge in [-0.05, 0) is 12.1 Å². The Balaban J connectivity index is 2.43. The summed E-state index contributed by atoms with van der Waals surface area (Å²) in [5.74, 6) is -1.29. The van der Waals surface area contributed by atoms with Crippen LogP contribution >= 0.6 is 0 Å². The van der Waals surface area contributed by atoms with Gasteiger partial charge in [-0.2, -0.15) is 0 Å². The number of benzene rings is 1. The van der Waals surface area contributed by atoms with Crippen LogP contribution in [0.2, 0.25) is 0 Å². The number of halogens is 2. The molecule has 0 spiro atoms. The third kappa shape index (κ3) is 1.68. The Hall–Kier alpha value is -2.22. The van der Waals surface area contributed by atoms with E-state index in [9.17, 15) is 18.4 Å². The summed E-state index contributed by atoms with van der Waals surface area (Å²) in [5.41, 5.74) is -0.239. The van der Waals surface area contributed by atoms with E-state index in [1.54, 1.807) is 0 Å². The molecular weight excluding hydrogens is 228 g/mol. The van der Waals surface area contributed by atoms with Crippen molar-refractivity contribution in [3.63, 3.8) is 0 Å². The van der Waals surface area contributed by atoms with Gasteiger partial charge in [-0.3, -0.25) is 14.5 Å². The largest absolute Gasteiger partial charge is 0.273 e. The second kappa shape index (κ2) is 3.98. The number of rotatable bonds is 2. The highest BCUT2D eigenvalue weighted by atomic mass is 19.2. The summed E-state index contributed by atoms with van der Waals surface area (Å²) in [6.07, 6.45) is 5.24. The molecular formula is C12H7F2NO2. The lowest BCUT2D eigenvalue weighted by Gasteiger charge is -2.10. The highest BCUT2D eigenvalue weighted by molar-refractivity contribution is 6.21. The summed E-state index contributed by atoms with van der Waals surface area (Å²) in [4.78, 5) is 24.3. The molecule has 1 aromatic carbocycles. The Labute approximate surface area is 96.0 Å². The van der Waals surface area contributed by atoms with Gasteiger partial charge in [0.2, 0.25) is 0 Å². The van der Waals surface area contributed by atoms with Crippen LogP contribution in [0.3, 0.4) is 0 Å². The van der Waals surface area contributed by atoms with Crippen LogP contribution in [-0.2, 0) is 0 Å². The summed E-state index contributed by atoms with van der Waals surface area (Å²) in [6.45, 7) is 0.0477. The Morgan fingerprint density at radius 1 is 1.12 bits per heavy atom. The molecule has 0 aromatic heterocycles. The van der Waals surface area contributed by atoms with E-state index in [0.717, 1.165) is 17.0 Å². The van der Waals surface area contributed by atoms with Gasteiger partial charge in [0.25, 0.3) is 11.8 Å². The van der Waals surface area contributed by atoms with E-state index < -0.39 is 23.4 Å². The normalized spacial score (nSPS) is 13.8. The minimum absolute atomic E-state index is 0.0477. The molecule has 0 radical (unpaired) electrons. The second-order valence-corrected chi connectivity index (χ2v) is 3.53. The van der Waals surface area contributed by atoms with E-state index >= 15 is 0 Å². The van der Waals surface area contributed by atoms with E-state index in [-0.39, 0.29) is 24.1 Å². The van der Waals surface area contributed by atoms with Crippen LogP contribution in [-0.4, -0.2) is 23.3 Å². The van der Waals surface area contributed by atoms with Crippen molar-refractivity contribution in [3.05, 3.63) is 34.9 Å². The zero-order chi connectivity index (χ0) is 12.6. The van der Waals surface area contributed by atoms with Crippen LogP contribution in [0.1, 0.15) is 27.1 Å². The van der Waals surface area contributed by atoms with Crippen molar-refractivity contribution in [2.75, 3.05) is 6.54 Å². The second-order valence-electron chi connectivity index (χ2n) is 3.53. The standard InChI is InChI=1S/C12H7F2NO2/c1-2-3-4-15-11(16)7-5-9(13)10(14)6-8(7)12(15)17/h1,5-6H,3-4H2. The molecule has 1 heterocycles. The molecule has 0 saturated carbocycles. The van der Waals surface area contributed by atoms with Crippen LogP contribution in [0.4, 0.5) is 8.78 Å². The zero-order valence-electron chi connectivity index (χ0n) is 8.67. The SMILES string of the molecule is C#CCCN1C(=O)c2cc(F)c(F)cc2C1=O.